The van der Waals surface area contributed by atoms with Gasteiger partial charge >= 0.3 is 0 Å². The van der Waals surface area contributed by atoms with Crippen molar-refractivity contribution in [1.82, 2.24) is 4.90 Å². The molecule has 0 fully saturated rings. The van der Waals surface area contributed by atoms with E-state index in [9.17, 15) is 8.42 Å². The van der Waals surface area contributed by atoms with E-state index >= 15 is 0 Å². The van der Waals surface area contributed by atoms with Crippen molar-refractivity contribution < 1.29 is 8.42 Å². The van der Waals surface area contributed by atoms with Crippen molar-refractivity contribution in [3.05, 3.63) is 48.5 Å². The number of hydrogen-bond donors (Lipinski definition) is 0. The van der Waals surface area contributed by atoms with Crippen LogP contribution in [0.3, 0.4) is 0 Å². The third-order valence-electron chi connectivity index (χ3n) is 4.06. The number of benzene rings is 2. The van der Waals surface area contributed by atoms with E-state index in [1.54, 1.807) is 24.3 Å². The van der Waals surface area contributed by atoms with Gasteiger partial charge in [0.05, 0.1) is 21.2 Å². The Morgan fingerprint density at radius 1 is 0.958 bits per heavy atom. The van der Waals surface area contributed by atoms with E-state index < -0.39 is 9.84 Å². The fourth-order valence-corrected chi connectivity index (χ4v) is 4.91. The Morgan fingerprint density at radius 2 is 1.42 bits per heavy atom. The largest absolute Gasteiger partial charge is 0.339 e. The van der Waals surface area contributed by atoms with Gasteiger partial charge in [0, 0.05) is 13.1 Å². The topological polar surface area (TPSA) is 40.6 Å². The summed E-state index contributed by atoms with van der Waals surface area (Å²) < 4.78 is 25.7. The van der Waals surface area contributed by atoms with Gasteiger partial charge in [-0.3, -0.25) is 0 Å². The lowest BCUT2D eigenvalue weighted by Crippen LogP contribution is -2.33. The van der Waals surface area contributed by atoms with Crippen molar-refractivity contribution >= 4 is 33.6 Å². The Labute approximate surface area is 150 Å². The van der Waals surface area contributed by atoms with E-state index in [0.29, 0.717) is 15.7 Å². The molecule has 0 unspecified atom stereocenters. The van der Waals surface area contributed by atoms with Crippen LogP contribution in [0.4, 0.5) is 11.4 Å². The minimum absolute atomic E-state index is 0. The van der Waals surface area contributed by atoms with Crippen LogP contribution in [0, 0.1) is 5.92 Å². The molecule has 3 rings (SSSR count). The average Bonchev–Trinajstić information content (AvgIpc) is 2.51. The van der Waals surface area contributed by atoms with E-state index in [2.05, 4.69) is 30.8 Å². The van der Waals surface area contributed by atoms with E-state index in [1.807, 2.05) is 24.3 Å². The van der Waals surface area contributed by atoms with Crippen LogP contribution in [0.25, 0.3) is 0 Å². The molecule has 2 aromatic carbocycles. The van der Waals surface area contributed by atoms with Crippen molar-refractivity contribution in [2.24, 2.45) is 5.92 Å². The lowest BCUT2D eigenvalue weighted by atomic mass is 10.1. The molecule has 130 valence electrons. The molecule has 1 aliphatic heterocycles. The van der Waals surface area contributed by atoms with Crippen LogP contribution in [-0.2, 0) is 9.84 Å². The number of rotatable bonds is 4. The van der Waals surface area contributed by atoms with Crippen molar-refractivity contribution in [3.8, 4) is 0 Å². The first-order chi connectivity index (χ1) is 10.9. The highest BCUT2D eigenvalue weighted by atomic mass is 35.5. The van der Waals surface area contributed by atoms with Gasteiger partial charge in [0.15, 0.2) is 0 Å². The summed E-state index contributed by atoms with van der Waals surface area (Å²) in [4.78, 5) is 5.09. The molecule has 6 heteroatoms. The Hall–Kier alpha value is -1.56. The molecule has 4 nitrogen and oxygen atoms in total. The first-order valence-electron chi connectivity index (χ1n) is 7.76. The number of para-hydroxylation sites is 2. The average molecular weight is 367 g/mol. The van der Waals surface area contributed by atoms with Crippen LogP contribution in [-0.4, -0.2) is 40.5 Å². The zero-order valence-corrected chi connectivity index (χ0v) is 15.8. The van der Waals surface area contributed by atoms with Gasteiger partial charge in [-0.25, -0.2) is 8.42 Å². The van der Waals surface area contributed by atoms with Gasteiger partial charge in [-0.05, 0) is 44.3 Å². The number of nitrogens with zero attached hydrogens (tertiary/aromatic N) is 2. The van der Waals surface area contributed by atoms with Gasteiger partial charge in [0.2, 0.25) is 9.84 Å². The van der Waals surface area contributed by atoms with Gasteiger partial charge in [0.1, 0.15) is 0 Å². The summed E-state index contributed by atoms with van der Waals surface area (Å²) in [5.74, 6) is 0.409. The van der Waals surface area contributed by atoms with E-state index in [1.165, 1.54) is 0 Å². The highest BCUT2D eigenvalue weighted by molar-refractivity contribution is 7.92. The minimum atomic E-state index is -3.45. The zero-order chi connectivity index (χ0) is 16.6. The fraction of sp³-hybridized carbons (Fsp3) is 0.333. The van der Waals surface area contributed by atoms with Gasteiger partial charge in [-0.1, -0.05) is 31.2 Å². The summed E-state index contributed by atoms with van der Waals surface area (Å²) in [6.45, 7) is 3.92. The lowest BCUT2D eigenvalue weighted by molar-refractivity contribution is 0.342. The molecule has 0 saturated carbocycles. The number of halogens is 1. The molecule has 1 heterocycles. The fourth-order valence-electron chi connectivity index (χ4n) is 3.25. The monoisotopic (exact) mass is 366 g/mol. The molecule has 0 amide bonds. The Balaban J connectivity index is 0.00000208. The predicted molar refractivity (Wildman–Crippen MR) is 100 cm³/mol. The van der Waals surface area contributed by atoms with Crippen molar-refractivity contribution in [2.75, 3.05) is 32.1 Å². The van der Waals surface area contributed by atoms with Crippen LogP contribution in [0.5, 0.6) is 0 Å². The van der Waals surface area contributed by atoms with Crippen LogP contribution in [0.1, 0.15) is 6.92 Å². The normalized spacial score (nSPS) is 16.1. The maximum absolute atomic E-state index is 12.9. The highest BCUT2D eigenvalue weighted by Crippen LogP contribution is 2.43. The first-order valence-corrected chi connectivity index (χ1v) is 9.25. The number of fused-ring (bicyclic) bond motifs is 2. The molecular formula is C18H23ClN2O2S. The van der Waals surface area contributed by atoms with Crippen LogP contribution >= 0.6 is 12.4 Å². The van der Waals surface area contributed by atoms with Gasteiger partial charge < -0.3 is 9.80 Å². The second kappa shape index (κ2) is 7.13. The van der Waals surface area contributed by atoms with Crippen molar-refractivity contribution in [2.45, 2.75) is 16.7 Å². The van der Waals surface area contributed by atoms with E-state index in [4.69, 9.17) is 0 Å². The molecule has 0 saturated heterocycles. The zero-order valence-electron chi connectivity index (χ0n) is 14.1. The molecule has 0 radical (unpaired) electrons. The summed E-state index contributed by atoms with van der Waals surface area (Å²) in [5.41, 5.74) is 1.55. The van der Waals surface area contributed by atoms with E-state index in [-0.39, 0.29) is 12.4 Å². The molecule has 1 atom stereocenters. The Bertz CT molecular complexity index is 768. The minimum Gasteiger partial charge on any atom is -0.339 e. The summed E-state index contributed by atoms with van der Waals surface area (Å²) in [7, 11) is 0.664. The van der Waals surface area contributed by atoms with Crippen LogP contribution in [0.2, 0.25) is 0 Å². The van der Waals surface area contributed by atoms with Crippen LogP contribution < -0.4 is 4.90 Å². The first kappa shape index (κ1) is 18.8. The summed E-state index contributed by atoms with van der Waals surface area (Å²) in [5, 5.41) is 0. The molecule has 0 aromatic heterocycles. The third kappa shape index (κ3) is 3.29. The van der Waals surface area contributed by atoms with Crippen molar-refractivity contribution in [1.29, 1.82) is 0 Å². The Kier molecular flexibility index (Phi) is 5.58. The number of sulfone groups is 1. The molecule has 1 aliphatic rings. The molecular weight excluding hydrogens is 344 g/mol. The summed E-state index contributed by atoms with van der Waals surface area (Å²) in [6.07, 6.45) is 0. The number of hydrogen-bond acceptors (Lipinski definition) is 4. The van der Waals surface area contributed by atoms with Gasteiger partial charge in [-0.15, -0.1) is 12.4 Å². The van der Waals surface area contributed by atoms with E-state index in [0.717, 1.165) is 24.5 Å². The summed E-state index contributed by atoms with van der Waals surface area (Å²) in [6, 6.07) is 14.5. The molecule has 0 N–H and O–H groups in total. The number of anilines is 2. The van der Waals surface area contributed by atoms with Crippen LogP contribution in [0.15, 0.2) is 58.3 Å². The third-order valence-corrected chi connectivity index (χ3v) is 5.91. The molecule has 24 heavy (non-hydrogen) atoms. The smallest absolute Gasteiger partial charge is 0.210 e. The Morgan fingerprint density at radius 3 is 1.88 bits per heavy atom. The molecule has 0 spiro atoms. The molecule has 0 aliphatic carbocycles. The quantitative estimate of drug-likeness (QED) is 0.829. The lowest BCUT2D eigenvalue weighted by Gasteiger charge is -2.35. The summed E-state index contributed by atoms with van der Waals surface area (Å²) >= 11 is 0. The highest BCUT2D eigenvalue weighted by Gasteiger charge is 2.33. The maximum Gasteiger partial charge on any atom is 0.210 e. The predicted octanol–water partition coefficient (Wildman–Crippen LogP) is 3.59. The second-order valence-electron chi connectivity index (χ2n) is 6.42. The standard InChI is InChI=1S/C18H22N2O2S.ClH/c1-14(12-19(2)3)13-20-15-8-4-6-10-17(15)23(21,22)18-11-7-5-9-16(18)20;/h4-11,14H,12-13H2,1-3H3;1H/t14-;/m0./s1. The maximum atomic E-state index is 12.9. The van der Waals surface area contributed by atoms with Gasteiger partial charge in [-0.2, -0.15) is 0 Å². The molecule has 2 aromatic rings. The SMILES string of the molecule is C[C@@H](CN(C)C)CN1c2ccccc2S(=O)(=O)c2ccccc21.Cl. The van der Waals surface area contributed by atoms with Crippen molar-refractivity contribution in [3.63, 3.8) is 0 Å². The van der Waals surface area contributed by atoms with Gasteiger partial charge in [0.25, 0.3) is 0 Å². The second-order valence-corrected chi connectivity index (χ2v) is 8.30. The molecule has 0 bridgehead atoms.